The fourth-order valence-corrected chi connectivity index (χ4v) is 6.79. The van der Waals surface area contributed by atoms with E-state index in [9.17, 15) is 14.7 Å². The van der Waals surface area contributed by atoms with Crippen LogP contribution in [0.15, 0.2) is 0 Å². The summed E-state index contributed by atoms with van der Waals surface area (Å²) in [6.07, 6.45) is 29.6. The molecule has 310 valence electrons. The van der Waals surface area contributed by atoms with Crippen molar-refractivity contribution in [1.82, 2.24) is 14.7 Å². The third kappa shape index (κ3) is 35.8. The number of aliphatic hydroxyl groups is 1. The van der Waals surface area contributed by atoms with Crippen LogP contribution in [0.1, 0.15) is 195 Å². The van der Waals surface area contributed by atoms with E-state index < -0.39 is 0 Å². The minimum atomic E-state index is -0.0530. The molecule has 52 heavy (non-hydrogen) atoms. The fraction of sp³-hybridized carbons (Fsp3) is 0.955. The van der Waals surface area contributed by atoms with Crippen molar-refractivity contribution in [2.45, 2.75) is 195 Å². The van der Waals surface area contributed by atoms with E-state index in [1.165, 1.54) is 103 Å². The number of ether oxygens (including phenoxy) is 2. The van der Waals surface area contributed by atoms with Gasteiger partial charge < -0.3 is 29.3 Å². The molecular formula is C44H89N3O5. The highest BCUT2D eigenvalue weighted by atomic mass is 16.5. The first kappa shape index (κ1) is 50.8. The van der Waals surface area contributed by atoms with Crippen molar-refractivity contribution in [2.24, 2.45) is 0 Å². The molecule has 0 atom stereocenters. The Hall–Kier alpha value is -1.22. The van der Waals surface area contributed by atoms with Crippen LogP contribution in [0.2, 0.25) is 0 Å². The topological polar surface area (TPSA) is 82.5 Å². The average Bonchev–Trinajstić information content (AvgIpc) is 3.14. The first-order valence-electron chi connectivity index (χ1n) is 22.6. The van der Waals surface area contributed by atoms with Gasteiger partial charge in [-0.3, -0.25) is 9.59 Å². The molecule has 0 aliphatic heterocycles. The van der Waals surface area contributed by atoms with Crippen LogP contribution in [0, 0.1) is 0 Å². The Kier molecular flexibility index (Phi) is 40.0. The normalized spacial score (nSPS) is 11.7. The lowest BCUT2D eigenvalue weighted by atomic mass is 10.1. The van der Waals surface area contributed by atoms with E-state index in [0.717, 1.165) is 110 Å². The van der Waals surface area contributed by atoms with Gasteiger partial charge in [0, 0.05) is 19.6 Å². The van der Waals surface area contributed by atoms with Gasteiger partial charge in [-0.15, -0.1) is 0 Å². The Morgan fingerprint density at radius 1 is 0.365 bits per heavy atom. The molecular weight excluding hydrogens is 650 g/mol. The summed E-state index contributed by atoms with van der Waals surface area (Å²) in [6.45, 7) is 19.0. The molecule has 8 heteroatoms. The van der Waals surface area contributed by atoms with Crippen molar-refractivity contribution in [3.8, 4) is 0 Å². The van der Waals surface area contributed by atoms with Crippen LogP contribution >= 0.6 is 0 Å². The van der Waals surface area contributed by atoms with Gasteiger partial charge in [-0.1, -0.05) is 130 Å². The number of carbonyl (C=O) groups is 2. The van der Waals surface area contributed by atoms with Crippen molar-refractivity contribution in [1.29, 1.82) is 0 Å². The predicted octanol–water partition coefficient (Wildman–Crippen LogP) is 10.2. The summed E-state index contributed by atoms with van der Waals surface area (Å²) in [4.78, 5) is 32.1. The van der Waals surface area contributed by atoms with E-state index in [-0.39, 0.29) is 18.5 Å². The zero-order valence-corrected chi connectivity index (χ0v) is 35.3. The monoisotopic (exact) mass is 740 g/mol. The maximum Gasteiger partial charge on any atom is 0.307 e. The van der Waals surface area contributed by atoms with E-state index in [2.05, 4.69) is 42.4 Å². The maximum absolute atomic E-state index is 12.4. The Morgan fingerprint density at radius 3 is 0.923 bits per heavy atom. The smallest absolute Gasteiger partial charge is 0.307 e. The third-order valence-corrected chi connectivity index (χ3v) is 10.3. The van der Waals surface area contributed by atoms with Crippen LogP contribution in [0.4, 0.5) is 0 Å². The molecule has 1 N–H and O–H groups in total. The lowest BCUT2D eigenvalue weighted by molar-refractivity contribution is -0.145. The molecule has 0 rings (SSSR count). The largest absolute Gasteiger partial charge is 0.466 e. The molecule has 0 unspecified atom stereocenters. The number of esters is 2. The van der Waals surface area contributed by atoms with Crippen molar-refractivity contribution < 1.29 is 24.2 Å². The minimum absolute atomic E-state index is 0.0530. The number of hydrogen-bond donors (Lipinski definition) is 1. The second-order valence-corrected chi connectivity index (χ2v) is 15.3. The summed E-state index contributed by atoms with van der Waals surface area (Å²) in [5.74, 6) is -0.106. The van der Waals surface area contributed by atoms with E-state index in [1.807, 2.05) is 0 Å². The Labute approximate surface area is 323 Å². The van der Waals surface area contributed by atoms with Crippen LogP contribution in [0.3, 0.4) is 0 Å². The van der Waals surface area contributed by atoms with Gasteiger partial charge >= 0.3 is 11.9 Å². The van der Waals surface area contributed by atoms with Crippen LogP contribution in [0.5, 0.6) is 0 Å². The molecule has 0 amide bonds. The van der Waals surface area contributed by atoms with Gasteiger partial charge in [-0.2, -0.15) is 0 Å². The van der Waals surface area contributed by atoms with Crippen LogP contribution in [-0.4, -0.2) is 110 Å². The molecule has 0 aromatic carbocycles. The van der Waals surface area contributed by atoms with Gasteiger partial charge in [-0.05, 0) is 90.6 Å². The number of hydrogen-bond acceptors (Lipinski definition) is 8. The standard InChI is InChI=1S/C44H89N3O5/c1-5-9-13-21-31-45(32-22-14-10-6-2)37-29-43(49)51-41-27-19-17-25-35-47(39-40-48)36-26-18-20-28-42-52-44(50)30-38-46(33-23-15-11-7-3)34-24-16-12-8-4/h48H,5-42H2,1-4H3. The quantitative estimate of drug-likeness (QED) is 0.0490. The molecule has 0 spiro atoms. The molecule has 0 fully saturated rings. The number of rotatable bonds is 42. The molecule has 0 bridgehead atoms. The highest BCUT2D eigenvalue weighted by Crippen LogP contribution is 2.10. The van der Waals surface area contributed by atoms with E-state index in [4.69, 9.17) is 9.47 Å². The van der Waals surface area contributed by atoms with E-state index in [0.29, 0.717) is 26.1 Å². The van der Waals surface area contributed by atoms with Crippen LogP contribution < -0.4 is 0 Å². The number of carbonyl (C=O) groups excluding carboxylic acids is 2. The van der Waals surface area contributed by atoms with Gasteiger partial charge in [0.1, 0.15) is 0 Å². The summed E-state index contributed by atoms with van der Waals surface area (Å²) in [5.41, 5.74) is 0. The van der Waals surface area contributed by atoms with Crippen molar-refractivity contribution in [3.63, 3.8) is 0 Å². The molecule has 8 nitrogen and oxygen atoms in total. The van der Waals surface area contributed by atoms with Crippen molar-refractivity contribution >= 4 is 11.9 Å². The number of aliphatic hydroxyl groups excluding tert-OH is 1. The lowest BCUT2D eigenvalue weighted by Gasteiger charge is -2.22. The molecule has 0 aromatic rings. The van der Waals surface area contributed by atoms with Crippen molar-refractivity contribution in [3.05, 3.63) is 0 Å². The molecule has 0 aliphatic carbocycles. The van der Waals surface area contributed by atoms with Gasteiger partial charge in [0.25, 0.3) is 0 Å². The average molecular weight is 740 g/mol. The van der Waals surface area contributed by atoms with E-state index in [1.54, 1.807) is 0 Å². The molecule has 0 saturated heterocycles. The zero-order valence-electron chi connectivity index (χ0n) is 35.3. The summed E-state index contributed by atoms with van der Waals surface area (Å²) in [6, 6.07) is 0. The summed E-state index contributed by atoms with van der Waals surface area (Å²) in [7, 11) is 0. The first-order valence-corrected chi connectivity index (χ1v) is 22.6. The third-order valence-electron chi connectivity index (χ3n) is 10.3. The van der Waals surface area contributed by atoms with Crippen molar-refractivity contribution in [2.75, 3.05) is 78.7 Å². The van der Waals surface area contributed by atoms with E-state index >= 15 is 0 Å². The molecule has 0 aromatic heterocycles. The first-order chi connectivity index (χ1) is 25.5. The molecule has 0 heterocycles. The van der Waals surface area contributed by atoms with Gasteiger partial charge in [0.2, 0.25) is 0 Å². The second-order valence-electron chi connectivity index (χ2n) is 15.3. The maximum atomic E-state index is 12.4. The summed E-state index contributed by atoms with van der Waals surface area (Å²) in [5, 5.41) is 9.55. The SMILES string of the molecule is CCCCCCN(CCCCCC)CCC(=O)OCCCCCCN(CCO)CCCCCCOC(=O)CCN(CCCCCC)CCCCCC. The number of nitrogens with zero attached hydrogens (tertiary/aromatic N) is 3. The molecule has 0 saturated carbocycles. The Balaban J connectivity index is 4.01. The second kappa shape index (κ2) is 41.0. The lowest BCUT2D eigenvalue weighted by Crippen LogP contribution is -2.29. The van der Waals surface area contributed by atoms with Crippen LogP contribution in [0.25, 0.3) is 0 Å². The molecule has 0 radical (unpaired) electrons. The summed E-state index contributed by atoms with van der Waals surface area (Å²) < 4.78 is 11.1. The minimum Gasteiger partial charge on any atom is -0.466 e. The molecule has 0 aliphatic rings. The predicted molar refractivity (Wildman–Crippen MR) is 221 cm³/mol. The highest BCUT2D eigenvalue weighted by molar-refractivity contribution is 5.69. The van der Waals surface area contributed by atoms with Gasteiger partial charge in [-0.25, -0.2) is 0 Å². The number of unbranched alkanes of at least 4 members (excludes halogenated alkanes) is 18. The van der Waals surface area contributed by atoms with Crippen LogP contribution in [-0.2, 0) is 19.1 Å². The van der Waals surface area contributed by atoms with Gasteiger partial charge in [0.15, 0.2) is 0 Å². The Morgan fingerprint density at radius 2 is 0.635 bits per heavy atom. The zero-order chi connectivity index (χ0) is 38.2. The summed E-state index contributed by atoms with van der Waals surface area (Å²) >= 11 is 0. The fourth-order valence-electron chi connectivity index (χ4n) is 6.79. The Bertz CT molecular complexity index is 673. The highest BCUT2D eigenvalue weighted by Gasteiger charge is 2.11. The van der Waals surface area contributed by atoms with Gasteiger partial charge in [0.05, 0.1) is 32.7 Å².